The number of nitrogens with one attached hydrogen (secondary N) is 2. The highest BCUT2D eigenvalue weighted by atomic mass is 32.2. The predicted octanol–water partition coefficient (Wildman–Crippen LogP) is 5.81. The highest BCUT2D eigenvalue weighted by molar-refractivity contribution is 7.96. The Morgan fingerprint density at radius 2 is 1.93 bits per heavy atom. The Morgan fingerprint density at radius 3 is 2.62 bits per heavy atom. The van der Waals surface area contributed by atoms with Crippen molar-refractivity contribution in [3.63, 3.8) is 0 Å². The lowest BCUT2D eigenvalue weighted by atomic mass is 10.1. The second-order valence-electron chi connectivity index (χ2n) is 6.10. The van der Waals surface area contributed by atoms with Gasteiger partial charge < -0.3 is 5.32 Å². The van der Waals surface area contributed by atoms with Crippen LogP contribution in [0.5, 0.6) is 0 Å². The molecular formula is C19H22F2N4OS3. The number of rotatable bonds is 8. The molecule has 0 bridgehead atoms. The lowest BCUT2D eigenvalue weighted by Gasteiger charge is -2.19. The fourth-order valence-corrected chi connectivity index (χ4v) is 3.58. The van der Waals surface area contributed by atoms with E-state index in [1.165, 1.54) is 23.5 Å². The minimum Gasteiger partial charge on any atom is -0.381 e. The van der Waals surface area contributed by atoms with Crippen molar-refractivity contribution in [1.29, 1.82) is 0 Å². The van der Waals surface area contributed by atoms with Crippen molar-refractivity contribution >= 4 is 53.6 Å². The topological polar surface area (TPSA) is 49.4 Å². The van der Waals surface area contributed by atoms with Gasteiger partial charge in [0.2, 0.25) is 5.13 Å². The van der Waals surface area contributed by atoms with E-state index in [0.29, 0.717) is 22.1 Å². The molecule has 3 aromatic rings. The minimum absolute atomic E-state index is 0. The van der Waals surface area contributed by atoms with Crippen LogP contribution in [0.25, 0.3) is 0 Å². The summed E-state index contributed by atoms with van der Waals surface area (Å²) in [7, 11) is 1.70. The van der Waals surface area contributed by atoms with Gasteiger partial charge in [-0.25, -0.2) is 19.2 Å². The summed E-state index contributed by atoms with van der Waals surface area (Å²) in [6, 6.07) is 9.62. The van der Waals surface area contributed by atoms with Gasteiger partial charge in [0, 0.05) is 35.9 Å². The summed E-state index contributed by atoms with van der Waals surface area (Å²) in [5.41, 5.74) is 5.06. The molecule has 156 valence electrons. The van der Waals surface area contributed by atoms with Crippen LogP contribution in [0.15, 0.2) is 42.6 Å². The quantitative estimate of drug-likeness (QED) is 0.254. The molecule has 10 heteroatoms. The summed E-state index contributed by atoms with van der Waals surface area (Å²) in [6.07, 6.45) is 1.74. The van der Waals surface area contributed by atoms with Gasteiger partial charge in [-0.1, -0.05) is 18.2 Å². The fourth-order valence-electron chi connectivity index (χ4n) is 2.48. The van der Waals surface area contributed by atoms with E-state index in [0.717, 1.165) is 22.7 Å². The van der Waals surface area contributed by atoms with Gasteiger partial charge in [0.25, 0.3) is 0 Å². The fraction of sp³-hybridized carbons (Fsp3) is 0.211. The highest BCUT2D eigenvalue weighted by Crippen LogP contribution is 2.30. The van der Waals surface area contributed by atoms with Crippen LogP contribution in [0.2, 0.25) is 0 Å². The molecule has 0 radical (unpaired) electrons. The van der Waals surface area contributed by atoms with Crippen molar-refractivity contribution in [2.75, 3.05) is 22.1 Å². The van der Waals surface area contributed by atoms with Gasteiger partial charge in [0.05, 0.1) is 5.69 Å². The van der Waals surface area contributed by atoms with Gasteiger partial charge in [-0.05, 0) is 37.6 Å². The molecule has 2 N–H and O–H groups in total. The average Bonchev–Trinajstić information content (AvgIpc) is 3.08. The van der Waals surface area contributed by atoms with Gasteiger partial charge in [-0.3, -0.25) is 4.31 Å². The summed E-state index contributed by atoms with van der Waals surface area (Å²) in [5, 5.41) is 3.72. The van der Waals surface area contributed by atoms with E-state index in [1.807, 2.05) is 13.8 Å². The van der Waals surface area contributed by atoms with Gasteiger partial charge in [0.1, 0.15) is 23.9 Å². The molecule has 2 aromatic carbocycles. The number of hydrogen-bond donors (Lipinski definition) is 2. The summed E-state index contributed by atoms with van der Waals surface area (Å²) >= 11 is 2.41. The Labute approximate surface area is 184 Å². The second-order valence-corrected chi connectivity index (χ2v) is 8.20. The molecule has 5 nitrogen and oxygen atoms in total. The molecule has 3 rings (SSSR count). The molecular weight excluding hydrogens is 434 g/mol. The van der Waals surface area contributed by atoms with Crippen LogP contribution >= 0.6 is 37.1 Å². The van der Waals surface area contributed by atoms with E-state index in [2.05, 4.69) is 15.8 Å². The number of aryl methyl sites for hydroxylation is 2. The Hall–Kier alpha value is -2.01. The molecule has 1 aromatic heterocycles. The molecule has 0 aliphatic heterocycles. The van der Waals surface area contributed by atoms with Crippen LogP contribution < -0.4 is 15.1 Å². The number of aromatic nitrogens is 1. The Kier molecular flexibility index (Phi) is 8.57. The predicted molar refractivity (Wildman–Crippen MR) is 123 cm³/mol. The zero-order chi connectivity index (χ0) is 20.1. The molecule has 0 atom stereocenters. The summed E-state index contributed by atoms with van der Waals surface area (Å²) in [5.74, 6) is -0.703. The largest absolute Gasteiger partial charge is 0.381 e. The first-order valence-corrected chi connectivity index (χ1v) is 9.99. The lowest BCUT2D eigenvalue weighted by molar-refractivity contribution is 0.475. The number of benzene rings is 2. The monoisotopic (exact) mass is 456 g/mol. The maximum atomic E-state index is 14.6. The van der Waals surface area contributed by atoms with Gasteiger partial charge in [0.15, 0.2) is 0 Å². The van der Waals surface area contributed by atoms with Crippen LogP contribution in [-0.4, -0.2) is 12.0 Å². The van der Waals surface area contributed by atoms with Crippen molar-refractivity contribution in [3.8, 4) is 0 Å². The van der Waals surface area contributed by atoms with E-state index in [4.69, 9.17) is 4.28 Å². The number of hydrogen-bond acceptors (Lipinski definition) is 7. The number of thiazole rings is 1. The van der Waals surface area contributed by atoms with E-state index in [9.17, 15) is 8.78 Å². The Balaban J connectivity index is 0.00000300. The normalized spacial score (nSPS) is 10.4. The number of anilines is 3. The van der Waals surface area contributed by atoms with Gasteiger partial charge in [-0.2, -0.15) is 17.8 Å². The third-order valence-corrected chi connectivity index (χ3v) is 5.35. The van der Waals surface area contributed by atoms with Crippen LogP contribution in [0, 0.1) is 25.5 Å². The zero-order valence-electron chi connectivity index (χ0n) is 16.1. The molecule has 0 aliphatic carbocycles. The molecule has 0 amide bonds. The smallest absolute Gasteiger partial charge is 0.208 e. The van der Waals surface area contributed by atoms with E-state index in [-0.39, 0.29) is 25.9 Å². The van der Waals surface area contributed by atoms with Crippen LogP contribution in [0.1, 0.15) is 16.0 Å². The molecule has 0 spiro atoms. The van der Waals surface area contributed by atoms with Crippen LogP contribution in [0.4, 0.5) is 25.3 Å². The second kappa shape index (κ2) is 10.7. The van der Waals surface area contributed by atoms with Crippen LogP contribution in [-0.2, 0) is 10.8 Å². The molecule has 0 saturated carbocycles. The van der Waals surface area contributed by atoms with E-state index < -0.39 is 5.82 Å². The molecule has 0 fully saturated rings. The average molecular weight is 457 g/mol. The third-order valence-electron chi connectivity index (χ3n) is 3.96. The Bertz CT molecular complexity index is 955. The SMILES string of the molecule is Cc1cnc(NOSN(C)c2cc(C)c(NCc3ccccc3F)cc2F)s1.S. The van der Waals surface area contributed by atoms with Crippen LogP contribution in [0.3, 0.4) is 0 Å². The van der Waals surface area contributed by atoms with Crippen molar-refractivity contribution in [3.05, 3.63) is 70.2 Å². The maximum Gasteiger partial charge on any atom is 0.208 e. The zero-order valence-corrected chi connectivity index (χ0v) is 18.8. The van der Waals surface area contributed by atoms with Crippen molar-refractivity contribution in [2.24, 2.45) is 0 Å². The molecule has 0 saturated heterocycles. The van der Waals surface area contributed by atoms with Crippen molar-refractivity contribution in [1.82, 2.24) is 4.98 Å². The number of nitrogens with zero attached hydrogens (tertiary/aromatic N) is 2. The standard InChI is InChI=1S/C19H20F2N4OS2.H2S/c1-12-8-18(25(3)28-26-24-19-23-10-13(2)27-19)16(21)9-17(12)22-11-14-6-4-5-7-15(14)20;/h4-10,22H,11H2,1-3H3,(H,23,24);1H2. The maximum absolute atomic E-state index is 14.6. The van der Waals surface area contributed by atoms with E-state index in [1.54, 1.807) is 41.8 Å². The first-order valence-electron chi connectivity index (χ1n) is 8.47. The van der Waals surface area contributed by atoms with Crippen molar-refractivity contribution in [2.45, 2.75) is 20.4 Å². The van der Waals surface area contributed by atoms with Crippen molar-refractivity contribution < 1.29 is 13.1 Å². The van der Waals surface area contributed by atoms with Gasteiger partial charge in [-0.15, -0.1) is 11.3 Å². The first-order chi connectivity index (χ1) is 13.4. The van der Waals surface area contributed by atoms with E-state index >= 15 is 0 Å². The molecule has 0 unspecified atom stereocenters. The first kappa shape index (κ1) is 23.3. The minimum atomic E-state index is -0.412. The molecule has 29 heavy (non-hydrogen) atoms. The summed E-state index contributed by atoms with van der Waals surface area (Å²) < 4.78 is 35.2. The van der Waals surface area contributed by atoms with Gasteiger partial charge >= 0.3 is 0 Å². The lowest BCUT2D eigenvalue weighted by Crippen LogP contribution is -2.12. The highest BCUT2D eigenvalue weighted by Gasteiger charge is 2.13. The molecule has 0 aliphatic rings. The number of halogens is 2. The Morgan fingerprint density at radius 1 is 1.17 bits per heavy atom. The summed E-state index contributed by atoms with van der Waals surface area (Å²) in [6.45, 7) is 4.09. The molecule has 1 heterocycles. The summed E-state index contributed by atoms with van der Waals surface area (Å²) in [4.78, 5) is 5.18. The third kappa shape index (κ3) is 6.23.